The van der Waals surface area contributed by atoms with Gasteiger partial charge in [0.2, 0.25) is 0 Å². The van der Waals surface area contributed by atoms with Crippen LogP contribution in [0.3, 0.4) is 0 Å². The number of allylic oxidation sites excluding steroid dienone is 2. The molecule has 1 atom stereocenters. The first-order valence-corrected chi connectivity index (χ1v) is 6.12. The minimum atomic E-state index is -0.300. The first kappa shape index (κ1) is 16.6. The average Bonchev–Trinajstić information content (AvgIpc) is 2.38. The van der Waals surface area contributed by atoms with Crippen LogP contribution < -0.4 is 0 Å². The summed E-state index contributed by atoms with van der Waals surface area (Å²) in [5.41, 5.74) is 0.565. The van der Waals surface area contributed by atoms with E-state index < -0.39 is 0 Å². The second-order valence-electron chi connectivity index (χ2n) is 3.84. The Balaban J connectivity index is 4.10. The lowest BCUT2D eigenvalue weighted by Gasteiger charge is -2.10. The summed E-state index contributed by atoms with van der Waals surface area (Å²) < 4.78 is 10.1. The first-order chi connectivity index (χ1) is 8.65. The van der Waals surface area contributed by atoms with Crippen molar-refractivity contribution in [2.75, 3.05) is 13.7 Å². The lowest BCUT2D eigenvalue weighted by atomic mass is 10.1. The van der Waals surface area contributed by atoms with Crippen LogP contribution >= 0.6 is 0 Å². The molecule has 0 aliphatic heterocycles. The Morgan fingerprint density at radius 2 is 2.11 bits per heavy atom. The number of methoxy groups -OCH3 is 1. The fourth-order valence-electron chi connectivity index (χ4n) is 1.34. The van der Waals surface area contributed by atoms with Crippen LogP contribution in [-0.2, 0) is 19.1 Å². The fraction of sp³-hybridized carbons (Fsp3) is 0.571. The van der Waals surface area contributed by atoms with Crippen molar-refractivity contribution in [1.82, 2.24) is 0 Å². The lowest BCUT2D eigenvalue weighted by molar-refractivity contribution is -0.138. The largest absolute Gasteiger partial charge is 0.463 e. The molecular weight excluding hydrogens is 232 g/mol. The van der Waals surface area contributed by atoms with Crippen molar-refractivity contribution in [3.8, 4) is 0 Å². The maximum Gasteiger partial charge on any atom is 0.333 e. The second kappa shape index (κ2) is 10.7. The van der Waals surface area contributed by atoms with Crippen LogP contribution in [0.1, 0.15) is 33.1 Å². The molecule has 0 spiro atoms. The summed E-state index contributed by atoms with van der Waals surface area (Å²) in [5, 5.41) is 0. The maximum atomic E-state index is 11.3. The molecule has 0 heterocycles. The highest BCUT2D eigenvalue weighted by molar-refractivity contribution is 5.88. The maximum absolute atomic E-state index is 11.3. The molecule has 0 bridgehead atoms. The highest BCUT2D eigenvalue weighted by atomic mass is 16.5. The zero-order valence-electron chi connectivity index (χ0n) is 11.3. The molecule has 0 unspecified atom stereocenters. The molecule has 0 radical (unpaired) electrons. The molecule has 0 aliphatic rings. The summed E-state index contributed by atoms with van der Waals surface area (Å²) >= 11 is 0. The smallest absolute Gasteiger partial charge is 0.333 e. The van der Waals surface area contributed by atoms with Gasteiger partial charge in [0.05, 0.1) is 12.7 Å². The molecule has 0 aromatic carbocycles. The molecule has 0 amide bonds. The van der Waals surface area contributed by atoms with Crippen molar-refractivity contribution in [1.29, 1.82) is 0 Å². The van der Waals surface area contributed by atoms with Crippen LogP contribution in [0.4, 0.5) is 0 Å². The summed E-state index contributed by atoms with van der Waals surface area (Å²) in [5.74, 6) is -0.300. The van der Waals surface area contributed by atoms with E-state index in [0.717, 1.165) is 12.7 Å². The molecule has 0 aromatic rings. The Hall–Kier alpha value is -1.42. The van der Waals surface area contributed by atoms with Crippen LogP contribution in [0.25, 0.3) is 0 Å². The quantitative estimate of drug-likeness (QED) is 0.274. The Morgan fingerprint density at radius 1 is 1.39 bits per heavy atom. The van der Waals surface area contributed by atoms with Gasteiger partial charge in [0.25, 0.3) is 0 Å². The van der Waals surface area contributed by atoms with E-state index in [2.05, 4.69) is 0 Å². The summed E-state index contributed by atoms with van der Waals surface area (Å²) in [6.45, 7) is 3.87. The number of ether oxygens (including phenoxy) is 2. The van der Waals surface area contributed by atoms with E-state index in [-0.39, 0.29) is 12.1 Å². The van der Waals surface area contributed by atoms with Gasteiger partial charge in [0.1, 0.15) is 6.29 Å². The van der Waals surface area contributed by atoms with E-state index >= 15 is 0 Å². The van der Waals surface area contributed by atoms with Crippen molar-refractivity contribution in [3.05, 3.63) is 23.8 Å². The molecule has 0 aliphatic carbocycles. The van der Waals surface area contributed by atoms with Crippen LogP contribution in [0.5, 0.6) is 0 Å². The molecule has 0 saturated carbocycles. The number of carbonyl (C=O) groups is 2. The highest BCUT2D eigenvalue weighted by Gasteiger charge is 2.04. The van der Waals surface area contributed by atoms with Gasteiger partial charge in [-0.15, -0.1) is 0 Å². The monoisotopic (exact) mass is 254 g/mol. The van der Waals surface area contributed by atoms with Crippen molar-refractivity contribution in [3.63, 3.8) is 0 Å². The van der Waals surface area contributed by atoms with Crippen molar-refractivity contribution in [2.45, 2.75) is 39.2 Å². The van der Waals surface area contributed by atoms with E-state index in [1.807, 2.05) is 6.08 Å². The van der Waals surface area contributed by atoms with Crippen LogP contribution in [0.15, 0.2) is 23.8 Å². The molecule has 0 fully saturated rings. The van der Waals surface area contributed by atoms with Gasteiger partial charge in [-0.3, -0.25) is 0 Å². The van der Waals surface area contributed by atoms with Gasteiger partial charge >= 0.3 is 5.97 Å². The highest BCUT2D eigenvalue weighted by Crippen LogP contribution is 2.06. The van der Waals surface area contributed by atoms with E-state index in [1.165, 1.54) is 0 Å². The first-order valence-electron chi connectivity index (χ1n) is 6.12. The second-order valence-corrected chi connectivity index (χ2v) is 3.84. The van der Waals surface area contributed by atoms with Crippen LogP contribution in [0.2, 0.25) is 0 Å². The fourth-order valence-corrected chi connectivity index (χ4v) is 1.34. The van der Waals surface area contributed by atoms with Gasteiger partial charge in [-0.1, -0.05) is 18.2 Å². The molecule has 0 N–H and O–H groups in total. The number of carbonyl (C=O) groups excluding carboxylic acids is 2. The van der Waals surface area contributed by atoms with E-state index in [1.54, 1.807) is 33.1 Å². The standard InChI is InChI=1S/C14H22O4/c1-4-18-14(16)12(2)8-5-6-9-13(17-3)10-7-11-15/h5-6,8,11,13H,4,7,9-10H2,1-3H3/b6-5+,12-8+/t13-/m1/s1. The van der Waals surface area contributed by atoms with Gasteiger partial charge in [0, 0.05) is 19.1 Å². The molecular formula is C14H22O4. The van der Waals surface area contributed by atoms with Crippen LogP contribution in [-0.4, -0.2) is 32.1 Å². The molecule has 102 valence electrons. The topological polar surface area (TPSA) is 52.6 Å². The normalized spacial score (nSPS) is 13.6. The lowest BCUT2D eigenvalue weighted by Crippen LogP contribution is -2.09. The SMILES string of the molecule is CCOC(=O)/C(C)=C/C=C/C[C@H](CCC=O)OC. The van der Waals surface area contributed by atoms with Gasteiger partial charge in [-0.05, 0) is 26.7 Å². The Morgan fingerprint density at radius 3 is 2.67 bits per heavy atom. The minimum Gasteiger partial charge on any atom is -0.463 e. The summed E-state index contributed by atoms with van der Waals surface area (Å²) in [6.07, 6.45) is 8.31. The number of rotatable bonds is 9. The van der Waals surface area contributed by atoms with Crippen molar-refractivity contribution in [2.24, 2.45) is 0 Å². The minimum absolute atomic E-state index is 0.0442. The number of hydrogen-bond donors (Lipinski definition) is 0. The van der Waals surface area contributed by atoms with Crippen molar-refractivity contribution < 1.29 is 19.1 Å². The molecule has 4 heteroatoms. The van der Waals surface area contributed by atoms with Gasteiger partial charge in [-0.25, -0.2) is 4.79 Å². The Labute approximate surface area is 109 Å². The summed E-state index contributed by atoms with van der Waals surface area (Å²) in [4.78, 5) is 21.5. The predicted molar refractivity (Wildman–Crippen MR) is 70.2 cm³/mol. The number of aldehydes is 1. The summed E-state index contributed by atoms with van der Waals surface area (Å²) in [6, 6.07) is 0. The van der Waals surface area contributed by atoms with E-state index in [0.29, 0.717) is 25.0 Å². The molecule has 0 saturated heterocycles. The van der Waals surface area contributed by atoms with Gasteiger partial charge < -0.3 is 14.3 Å². The van der Waals surface area contributed by atoms with Crippen molar-refractivity contribution >= 4 is 12.3 Å². The molecule has 0 aromatic heterocycles. The van der Waals surface area contributed by atoms with Gasteiger partial charge in [-0.2, -0.15) is 0 Å². The van der Waals surface area contributed by atoms with Crippen LogP contribution in [0, 0.1) is 0 Å². The third-order valence-electron chi connectivity index (χ3n) is 2.42. The molecule has 0 rings (SSSR count). The predicted octanol–water partition coefficient (Wildman–Crippen LogP) is 2.44. The summed E-state index contributed by atoms with van der Waals surface area (Å²) in [7, 11) is 1.63. The van der Waals surface area contributed by atoms with E-state index in [9.17, 15) is 9.59 Å². The average molecular weight is 254 g/mol. The number of esters is 1. The Bertz CT molecular complexity index is 305. The zero-order chi connectivity index (χ0) is 13.8. The zero-order valence-corrected chi connectivity index (χ0v) is 11.3. The Kier molecular flexibility index (Phi) is 9.87. The third-order valence-corrected chi connectivity index (χ3v) is 2.42. The molecule has 18 heavy (non-hydrogen) atoms. The van der Waals surface area contributed by atoms with Gasteiger partial charge in [0.15, 0.2) is 0 Å². The van der Waals surface area contributed by atoms with E-state index in [4.69, 9.17) is 9.47 Å². The number of hydrogen-bond acceptors (Lipinski definition) is 4. The third kappa shape index (κ3) is 7.79. The molecule has 4 nitrogen and oxygen atoms in total.